The molecule has 4 N–H and O–H groups in total. The van der Waals surface area contributed by atoms with E-state index in [1.54, 1.807) is 42.5 Å². The second kappa shape index (κ2) is 10.1. The lowest BCUT2D eigenvalue weighted by Gasteiger charge is -2.10. The minimum Gasteiger partial charge on any atom is -0.494 e. The van der Waals surface area contributed by atoms with E-state index < -0.39 is 10.1 Å². The third-order valence-corrected chi connectivity index (χ3v) is 4.05. The van der Waals surface area contributed by atoms with Gasteiger partial charge >= 0.3 is 0 Å². The SMILES string of the molecule is C=C(/C=C\C=C\S(=O)(=O)O)N=Nc1ccc(NC(=O)c2ccc(N)cc2)c(OC)c1. The van der Waals surface area contributed by atoms with E-state index in [2.05, 4.69) is 22.1 Å². The molecule has 0 saturated carbocycles. The van der Waals surface area contributed by atoms with Crippen LogP contribution >= 0.6 is 0 Å². The van der Waals surface area contributed by atoms with Crippen LogP contribution in [-0.4, -0.2) is 26.0 Å². The highest BCUT2D eigenvalue weighted by Crippen LogP contribution is 2.30. The average Bonchev–Trinajstić information content (AvgIpc) is 2.70. The first-order valence-electron chi connectivity index (χ1n) is 8.46. The number of ether oxygens (including phenoxy) is 1. The van der Waals surface area contributed by atoms with Crippen LogP contribution in [0.4, 0.5) is 17.1 Å². The van der Waals surface area contributed by atoms with Gasteiger partial charge in [-0.1, -0.05) is 12.7 Å². The monoisotopic (exact) mass is 428 g/mol. The average molecular weight is 428 g/mol. The third-order valence-electron chi connectivity index (χ3n) is 3.55. The van der Waals surface area contributed by atoms with Gasteiger partial charge in [-0.2, -0.15) is 18.6 Å². The summed E-state index contributed by atoms with van der Waals surface area (Å²) < 4.78 is 35.0. The number of carbonyl (C=O) groups excluding carboxylic acids is 1. The van der Waals surface area contributed by atoms with Crippen molar-refractivity contribution >= 4 is 33.1 Å². The standard InChI is InChI=1S/C20H20N4O5S/c1-14(5-3-4-12-30(26,27)28)23-24-17-10-11-18(19(13-17)29-2)22-20(25)15-6-8-16(21)9-7-15/h3-13H,1,21H2,2H3,(H,22,25)(H,26,27,28)/b5-3-,12-4+,24-23?. The lowest BCUT2D eigenvalue weighted by molar-refractivity contribution is 0.102. The van der Waals surface area contributed by atoms with Crippen molar-refractivity contribution in [2.45, 2.75) is 0 Å². The predicted molar refractivity (Wildman–Crippen MR) is 115 cm³/mol. The lowest BCUT2D eigenvalue weighted by atomic mass is 10.2. The topological polar surface area (TPSA) is 143 Å². The Morgan fingerprint density at radius 3 is 2.53 bits per heavy atom. The van der Waals surface area contributed by atoms with Crippen LogP contribution in [0.15, 0.2) is 88.6 Å². The maximum atomic E-state index is 12.4. The molecular formula is C20H20N4O5S. The smallest absolute Gasteiger partial charge is 0.287 e. The van der Waals surface area contributed by atoms with Crippen LogP contribution < -0.4 is 15.8 Å². The van der Waals surface area contributed by atoms with Gasteiger partial charge < -0.3 is 15.8 Å². The molecule has 0 aromatic heterocycles. The van der Waals surface area contributed by atoms with Gasteiger partial charge in [-0.15, -0.1) is 0 Å². The Morgan fingerprint density at radius 1 is 1.20 bits per heavy atom. The normalized spacial score (nSPS) is 11.9. The number of allylic oxidation sites excluding steroid dienone is 3. The predicted octanol–water partition coefficient (Wildman–Crippen LogP) is 4.08. The minimum atomic E-state index is -4.18. The zero-order valence-electron chi connectivity index (χ0n) is 16.0. The summed E-state index contributed by atoms with van der Waals surface area (Å²) in [4.78, 5) is 12.4. The molecule has 0 aliphatic rings. The number of anilines is 2. The van der Waals surface area contributed by atoms with Gasteiger partial charge in [-0.25, -0.2) is 0 Å². The highest BCUT2D eigenvalue weighted by molar-refractivity contribution is 7.88. The van der Waals surface area contributed by atoms with Gasteiger partial charge in [0.1, 0.15) is 5.75 Å². The van der Waals surface area contributed by atoms with Crippen LogP contribution in [0.5, 0.6) is 5.75 Å². The number of benzene rings is 2. The quantitative estimate of drug-likeness (QED) is 0.250. The zero-order valence-corrected chi connectivity index (χ0v) is 16.8. The number of methoxy groups -OCH3 is 1. The van der Waals surface area contributed by atoms with E-state index in [4.69, 9.17) is 15.0 Å². The number of nitrogen functional groups attached to an aromatic ring is 1. The second-order valence-corrected chi connectivity index (χ2v) is 7.16. The van der Waals surface area contributed by atoms with Crippen molar-refractivity contribution in [2.24, 2.45) is 10.2 Å². The fourth-order valence-electron chi connectivity index (χ4n) is 2.14. The largest absolute Gasteiger partial charge is 0.494 e. The van der Waals surface area contributed by atoms with Crippen molar-refractivity contribution in [3.05, 3.63) is 83.9 Å². The maximum absolute atomic E-state index is 12.4. The van der Waals surface area contributed by atoms with Crippen LogP contribution in [0.2, 0.25) is 0 Å². The number of hydrogen-bond acceptors (Lipinski definition) is 7. The fourth-order valence-corrected chi connectivity index (χ4v) is 2.43. The summed E-state index contributed by atoms with van der Waals surface area (Å²) in [7, 11) is -2.73. The maximum Gasteiger partial charge on any atom is 0.287 e. The van der Waals surface area contributed by atoms with Gasteiger partial charge in [0.05, 0.1) is 29.6 Å². The summed E-state index contributed by atoms with van der Waals surface area (Å²) in [6.07, 6.45) is 3.87. The van der Waals surface area contributed by atoms with Crippen molar-refractivity contribution in [2.75, 3.05) is 18.2 Å². The number of amides is 1. The molecule has 156 valence electrons. The molecule has 0 heterocycles. The van der Waals surface area contributed by atoms with Crippen molar-refractivity contribution in [3.63, 3.8) is 0 Å². The first-order valence-corrected chi connectivity index (χ1v) is 9.96. The number of azo groups is 1. The summed E-state index contributed by atoms with van der Waals surface area (Å²) >= 11 is 0. The molecule has 1 amide bonds. The Labute approximate surface area is 174 Å². The molecule has 0 spiro atoms. The molecule has 0 saturated heterocycles. The lowest BCUT2D eigenvalue weighted by Crippen LogP contribution is -2.12. The van der Waals surface area contributed by atoms with Gasteiger partial charge in [-0.05, 0) is 48.6 Å². The minimum absolute atomic E-state index is 0.245. The Bertz CT molecular complexity index is 1120. The molecule has 2 aromatic rings. The molecule has 0 fully saturated rings. The number of nitrogens with one attached hydrogen (secondary N) is 1. The van der Waals surface area contributed by atoms with Crippen LogP contribution in [0.25, 0.3) is 0 Å². The molecule has 0 radical (unpaired) electrons. The summed E-state index contributed by atoms with van der Waals surface area (Å²) in [5.41, 5.74) is 7.77. The highest BCUT2D eigenvalue weighted by atomic mass is 32.2. The number of nitrogens with zero attached hydrogens (tertiary/aromatic N) is 2. The fraction of sp³-hybridized carbons (Fsp3) is 0.0500. The first kappa shape index (κ1) is 22.5. The second-order valence-electron chi connectivity index (χ2n) is 5.85. The van der Waals surface area contributed by atoms with Gasteiger partial charge in [0.2, 0.25) is 0 Å². The molecule has 9 nitrogen and oxygen atoms in total. The number of rotatable bonds is 8. The first-order chi connectivity index (χ1) is 14.2. The summed E-state index contributed by atoms with van der Waals surface area (Å²) in [5, 5.41) is 11.3. The molecule has 0 bridgehead atoms. The molecule has 10 heteroatoms. The molecule has 0 aliphatic heterocycles. The van der Waals surface area contributed by atoms with Gasteiger partial charge in [0.15, 0.2) is 0 Å². The van der Waals surface area contributed by atoms with E-state index in [1.807, 2.05) is 0 Å². The Morgan fingerprint density at radius 2 is 1.90 bits per heavy atom. The molecule has 0 atom stereocenters. The van der Waals surface area contributed by atoms with Gasteiger partial charge in [0.25, 0.3) is 16.0 Å². The molecule has 0 unspecified atom stereocenters. The number of hydrogen-bond donors (Lipinski definition) is 3. The summed E-state index contributed by atoms with van der Waals surface area (Å²) in [6.45, 7) is 3.65. The van der Waals surface area contributed by atoms with E-state index in [0.29, 0.717) is 33.8 Å². The highest BCUT2D eigenvalue weighted by Gasteiger charge is 2.10. The van der Waals surface area contributed by atoms with Crippen LogP contribution in [-0.2, 0) is 10.1 Å². The molecular weight excluding hydrogens is 408 g/mol. The molecule has 0 aliphatic carbocycles. The number of carbonyl (C=O) groups is 1. The van der Waals surface area contributed by atoms with Gasteiger partial charge in [-0.3, -0.25) is 9.35 Å². The van der Waals surface area contributed by atoms with E-state index in [1.165, 1.54) is 19.3 Å². The van der Waals surface area contributed by atoms with Crippen molar-refractivity contribution in [1.82, 2.24) is 0 Å². The zero-order chi connectivity index (χ0) is 22.1. The molecule has 2 rings (SSSR count). The molecule has 30 heavy (non-hydrogen) atoms. The van der Waals surface area contributed by atoms with E-state index in [0.717, 1.165) is 6.08 Å². The summed E-state index contributed by atoms with van der Waals surface area (Å²) in [5.74, 6) is 0.0617. The third kappa shape index (κ3) is 7.34. The Hall–Kier alpha value is -3.76. The Balaban J connectivity index is 2.07. The van der Waals surface area contributed by atoms with Crippen LogP contribution in [0.3, 0.4) is 0 Å². The van der Waals surface area contributed by atoms with Crippen molar-refractivity contribution < 1.29 is 22.5 Å². The van der Waals surface area contributed by atoms with Crippen molar-refractivity contribution in [1.29, 1.82) is 0 Å². The molecule has 2 aromatic carbocycles. The summed E-state index contributed by atoms with van der Waals surface area (Å²) in [6, 6.07) is 11.3. The van der Waals surface area contributed by atoms with E-state index in [9.17, 15) is 13.2 Å². The van der Waals surface area contributed by atoms with Gasteiger partial charge in [0, 0.05) is 17.3 Å². The Kier molecular flexibility index (Phi) is 7.62. The number of nitrogens with two attached hydrogens (primary N) is 1. The van der Waals surface area contributed by atoms with Crippen LogP contribution in [0.1, 0.15) is 10.4 Å². The van der Waals surface area contributed by atoms with E-state index >= 15 is 0 Å². The van der Waals surface area contributed by atoms with Crippen molar-refractivity contribution in [3.8, 4) is 5.75 Å². The van der Waals surface area contributed by atoms with E-state index in [-0.39, 0.29) is 11.6 Å². The van der Waals surface area contributed by atoms with Crippen LogP contribution in [0, 0.1) is 0 Å².